The SMILES string of the molecule is CC1(C)N=NC(F)=C1C(N)=O. The fraction of sp³-hybridized carbons (Fsp3) is 0.500. The first kappa shape index (κ1) is 7.84. The number of rotatable bonds is 1. The topological polar surface area (TPSA) is 67.8 Å². The Labute approximate surface area is 63.0 Å². The molecule has 1 aliphatic rings. The molecule has 1 aliphatic heterocycles. The monoisotopic (exact) mass is 157 g/mol. The van der Waals surface area contributed by atoms with Gasteiger partial charge in [0.2, 0.25) is 5.95 Å². The molecule has 0 radical (unpaired) electrons. The maximum atomic E-state index is 12.7. The first-order valence-electron chi connectivity index (χ1n) is 3.08. The minimum atomic E-state index is -0.907. The van der Waals surface area contributed by atoms with Gasteiger partial charge < -0.3 is 5.73 Å². The van der Waals surface area contributed by atoms with E-state index in [1.165, 1.54) is 0 Å². The molecule has 4 nitrogen and oxygen atoms in total. The van der Waals surface area contributed by atoms with Crippen LogP contribution < -0.4 is 5.73 Å². The van der Waals surface area contributed by atoms with Crippen LogP contribution in [0.5, 0.6) is 0 Å². The summed E-state index contributed by atoms with van der Waals surface area (Å²) in [6.07, 6.45) is 0. The van der Waals surface area contributed by atoms with E-state index in [0.29, 0.717) is 0 Å². The number of amides is 1. The van der Waals surface area contributed by atoms with Gasteiger partial charge in [0.25, 0.3) is 5.91 Å². The van der Waals surface area contributed by atoms with Gasteiger partial charge in [-0.3, -0.25) is 4.79 Å². The molecule has 0 spiro atoms. The number of primary amides is 1. The molecule has 0 aromatic carbocycles. The van der Waals surface area contributed by atoms with Crippen molar-refractivity contribution in [2.24, 2.45) is 16.0 Å². The lowest BCUT2D eigenvalue weighted by Gasteiger charge is -2.12. The normalized spacial score (nSPS) is 21.0. The molecule has 0 aliphatic carbocycles. The number of hydrogen-bond donors (Lipinski definition) is 1. The van der Waals surface area contributed by atoms with Crippen LogP contribution in [0.4, 0.5) is 4.39 Å². The van der Waals surface area contributed by atoms with Crippen molar-refractivity contribution in [3.8, 4) is 0 Å². The van der Waals surface area contributed by atoms with Gasteiger partial charge in [-0.15, -0.1) is 5.11 Å². The van der Waals surface area contributed by atoms with Crippen molar-refractivity contribution < 1.29 is 9.18 Å². The maximum Gasteiger partial charge on any atom is 0.251 e. The fourth-order valence-electron chi connectivity index (χ4n) is 0.924. The lowest BCUT2D eigenvalue weighted by atomic mass is 9.96. The number of azo groups is 1. The van der Waals surface area contributed by atoms with Crippen LogP contribution in [0.15, 0.2) is 21.8 Å². The Balaban J connectivity index is 3.12. The molecule has 60 valence electrons. The van der Waals surface area contributed by atoms with Crippen molar-refractivity contribution in [2.45, 2.75) is 19.4 Å². The number of carbonyl (C=O) groups is 1. The molecule has 0 aromatic rings. The molecule has 0 saturated heterocycles. The number of halogens is 1. The summed E-state index contributed by atoms with van der Waals surface area (Å²) in [4.78, 5) is 10.6. The van der Waals surface area contributed by atoms with Crippen LogP contribution in [0.25, 0.3) is 0 Å². The predicted molar refractivity (Wildman–Crippen MR) is 36.3 cm³/mol. The van der Waals surface area contributed by atoms with E-state index in [1.54, 1.807) is 13.8 Å². The highest BCUT2D eigenvalue weighted by Crippen LogP contribution is 2.31. The van der Waals surface area contributed by atoms with Crippen molar-refractivity contribution in [1.29, 1.82) is 0 Å². The summed E-state index contributed by atoms with van der Waals surface area (Å²) < 4.78 is 12.7. The maximum absolute atomic E-state index is 12.7. The summed E-state index contributed by atoms with van der Waals surface area (Å²) >= 11 is 0. The predicted octanol–water partition coefficient (Wildman–Crippen LogP) is 0.897. The van der Waals surface area contributed by atoms with E-state index < -0.39 is 17.4 Å². The number of carbonyl (C=O) groups excluding carboxylic acids is 1. The van der Waals surface area contributed by atoms with Crippen LogP contribution in [-0.2, 0) is 4.79 Å². The lowest BCUT2D eigenvalue weighted by Crippen LogP contribution is -2.28. The van der Waals surface area contributed by atoms with E-state index in [9.17, 15) is 9.18 Å². The van der Waals surface area contributed by atoms with Gasteiger partial charge in [-0.25, -0.2) is 0 Å². The molecule has 11 heavy (non-hydrogen) atoms. The van der Waals surface area contributed by atoms with Crippen molar-refractivity contribution in [2.75, 3.05) is 0 Å². The van der Waals surface area contributed by atoms with E-state index in [-0.39, 0.29) is 5.57 Å². The molecule has 1 heterocycles. The second kappa shape index (κ2) is 2.11. The summed E-state index contributed by atoms with van der Waals surface area (Å²) in [6.45, 7) is 3.15. The second-order valence-corrected chi connectivity index (χ2v) is 2.79. The molecule has 5 heteroatoms. The molecule has 0 saturated carbocycles. The minimum absolute atomic E-state index is 0.155. The van der Waals surface area contributed by atoms with Gasteiger partial charge in [0.15, 0.2) is 0 Å². The zero-order valence-electron chi connectivity index (χ0n) is 6.26. The summed E-state index contributed by atoms with van der Waals surface area (Å²) in [7, 11) is 0. The van der Waals surface area contributed by atoms with Gasteiger partial charge in [-0.1, -0.05) is 0 Å². The van der Waals surface area contributed by atoms with E-state index in [0.717, 1.165) is 0 Å². The first-order valence-corrected chi connectivity index (χ1v) is 3.08. The van der Waals surface area contributed by atoms with Crippen molar-refractivity contribution in [1.82, 2.24) is 0 Å². The summed E-state index contributed by atoms with van der Waals surface area (Å²) in [5.74, 6) is -1.68. The number of hydrogen-bond acceptors (Lipinski definition) is 3. The first-order chi connectivity index (χ1) is 4.95. The summed E-state index contributed by atoms with van der Waals surface area (Å²) in [5.41, 5.74) is 3.85. The van der Waals surface area contributed by atoms with Crippen LogP contribution >= 0.6 is 0 Å². The molecule has 0 bridgehead atoms. The largest absolute Gasteiger partial charge is 0.366 e. The Morgan fingerprint density at radius 2 is 2.18 bits per heavy atom. The molecule has 1 rings (SSSR count). The molecule has 0 unspecified atom stereocenters. The van der Waals surface area contributed by atoms with Crippen LogP contribution in [0, 0.1) is 0 Å². The Kier molecular flexibility index (Phi) is 1.51. The zero-order chi connectivity index (χ0) is 8.65. The van der Waals surface area contributed by atoms with Gasteiger partial charge in [-0.05, 0) is 13.8 Å². The fourth-order valence-corrected chi connectivity index (χ4v) is 0.924. The van der Waals surface area contributed by atoms with Crippen molar-refractivity contribution in [3.63, 3.8) is 0 Å². The quantitative estimate of drug-likeness (QED) is 0.564. The molecular weight excluding hydrogens is 149 g/mol. The van der Waals surface area contributed by atoms with Gasteiger partial charge in [-0.2, -0.15) is 9.50 Å². The highest BCUT2D eigenvalue weighted by Gasteiger charge is 2.35. The Hall–Kier alpha value is -1.26. The summed E-state index contributed by atoms with van der Waals surface area (Å²) in [5, 5.41) is 6.66. The van der Waals surface area contributed by atoms with Crippen LogP contribution in [0.3, 0.4) is 0 Å². The average molecular weight is 157 g/mol. The second-order valence-electron chi connectivity index (χ2n) is 2.79. The average Bonchev–Trinajstić information content (AvgIpc) is 2.06. The van der Waals surface area contributed by atoms with Gasteiger partial charge >= 0.3 is 0 Å². The van der Waals surface area contributed by atoms with Crippen molar-refractivity contribution in [3.05, 3.63) is 11.5 Å². The third kappa shape index (κ3) is 1.13. The van der Waals surface area contributed by atoms with Crippen LogP contribution in [0.1, 0.15) is 13.8 Å². The van der Waals surface area contributed by atoms with E-state index in [1.807, 2.05) is 0 Å². The Bertz CT molecular complexity index is 267. The lowest BCUT2D eigenvalue weighted by molar-refractivity contribution is -0.115. The van der Waals surface area contributed by atoms with Gasteiger partial charge in [0, 0.05) is 0 Å². The van der Waals surface area contributed by atoms with E-state index >= 15 is 0 Å². The van der Waals surface area contributed by atoms with Crippen LogP contribution in [0.2, 0.25) is 0 Å². The Morgan fingerprint density at radius 1 is 1.64 bits per heavy atom. The third-order valence-electron chi connectivity index (χ3n) is 1.45. The van der Waals surface area contributed by atoms with Gasteiger partial charge in [0.1, 0.15) is 11.1 Å². The number of nitrogens with zero attached hydrogens (tertiary/aromatic N) is 2. The zero-order valence-corrected chi connectivity index (χ0v) is 6.26. The van der Waals surface area contributed by atoms with Crippen LogP contribution in [-0.4, -0.2) is 11.4 Å². The molecule has 0 fully saturated rings. The molecule has 0 aromatic heterocycles. The van der Waals surface area contributed by atoms with Gasteiger partial charge in [0.05, 0.1) is 0 Å². The number of nitrogens with two attached hydrogens (primary N) is 1. The molecule has 1 amide bonds. The minimum Gasteiger partial charge on any atom is -0.366 e. The molecule has 0 atom stereocenters. The Morgan fingerprint density at radius 3 is 2.36 bits per heavy atom. The highest BCUT2D eigenvalue weighted by molar-refractivity contribution is 5.95. The van der Waals surface area contributed by atoms with Crippen molar-refractivity contribution >= 4 is 5.91 Å². The summed E-state index contributed by atoms with van der Waals surface area (Å²) in [6, 6.07) is 0. The smallest absolute Gasteiger partial charge is 0.251 e. The van der Waals surface area contributed by atoms with E-state index in [4.69, 9.17) is 5.73 Å². The van der Waals surface area contributed by atoms with E-state index in [2.05, 4.69) is 10.2 Å². The highest BCUT2D eigenvalue weighted by atomic mass is 19.1. The third-order valence-corrected chi connectivity index (χ3v) is 1.45. The molecule has 2 N–H and O–H groups in total. The standard InChI is InChI=1S/C6H8FN3O/c1-6(2)3(5(8)11)4(7)9-10-6/h1-2H3,(H2,8,11). The molecular formula is C6H8FN3O.